The summed E-state index contributed by atoms with van der Waals surface area (Å²) in [7, 11) is 0. The molecule has 0 heterocycles. The molecule has 1 aromatic carbocycles. The van der Waals surface area contributed by atoms with E-state index in [1.807, 2.05) is 0 Å². The Morgan fingerprint density at radius 3 is 2.65 bits per heavy atom. The van der Waals surface area contributed by atoms with Gasteiger partial charge in [0.2, 0.25) is 0 Å². The van der Waals surface area contributed by atoms with Crippen LogP contribution >= 0.6 is 0 Å². The molecule has 0 spiro atoms. The second kappa shape index (κ2) is 8.32. The van der Waals surface area contributed by atoms with Crippen LogP contribution in [-0.2, 0) is 4.79 Å². The number of carboxylic acid groups (broad SMARTS) is 1. The number of halogens is 1. The van der Waals surface area contributed by atoms with E-state index < -0.39 is 11.8 Å². The van der Waals surface area contributed by atoms with E-state index in [4.69, 9.17) is 9.84 Å². The number of hydrogen-bond donors (Lipinski definition) is 1. The first-order valence-electron chi connectivity index (χ1n) is 6.62. The summed E-state index contributed by atoms with van der Waals surface area (Å²) in [5, 5.41) is 8.55. The Labute approximate surface area is 118 Å². The van der Waals surface area contributed by atoms with Crippen LogP contribution in [0, 0.1) is 5.82 Å². The summed E-state index contributed by atoms with van der Waals surface area (Å²) in [4.78, 5) is 12.6. The van der Waals surface area contributed by atoms with Gasteiger partial charge < -0.3 is 14.7 Å². The number of carboxylic acids is 1. The Bertz CT molecular complexity index is 470. The number of likely N-dealkylation sites (N-methyl/N-ethyl adjacent to an activating group) is 1. The molecule has 0 bridgehead atoms. The minimum Gasteiger partial charge on any atom is -0.492 e. The van der Waals surface area contributed by atoms with Crippen LogP contribution < -0.4 is 4.74 Å². The number of nitrogens with zero attached hydrogens (tertiary/aromatic N) is 1. The molecule has 0 fully saturated rings. The number of ether oxygens (including phenoxy) is 1. The fourth-order valence-corrected chi connectivity index (χ4v) is 1.76. The molecule has 0 aliphatic carbocycles. The van der Waals surface area contributed by atoms with Crippen molar-refractivity contribution < 1.29 is 19.0 Å². The first kappa shape index (κ1) is 16.2. The lowest BCUT2D eigenvalue weighted by Crippen LogP contribution is -2.27. The molecule has 0 aromatic heterocycles. The SMILES string of the molecule is CCN(CC)CCOc1cc(F)cc(/C=C/C(=O)O)c1. The molecule has 0 saturated carbocycles. The fraction of sp³-hybridized carbons (Fsp3) is 0.400. The zero-order valence-electron chi connectivity index (χ0n) is 11.8. The molecule has 0 radical (unpaired) electrons. The molecule has 20 heavy (non-hydrogen) atoms. The molecule has 110 valence electrons. The number of hydrogen-bond acceptors (Lipinski definition) is 3. The number of aliphatic carboxylic acids is 1. The Morgan fingerprint density at radius 1 is 1.35 bits per heavy atom. The quantitative estimate of drug-likeness (QED) is 0.744. The molecule has 0 saturated heterocycles. The lowest BCUT2D eigenvalue weighted by molar-refractivity contribution is -0.131. The molecule has 5 heteroatoms. The van der Waals surface area contributed by atoms with E-state index in [9.17, 15) is 9.18 Å². The molecule has 1 rings (SSSR count). The van der Waals surface area contributed by atoms with E-state index in [2.05, 4.69) is 18.7 Å². The van der Waals surface area contributed by atoms with Gasteiger partial charge in [-0.2, -0.15) is 0 Å². The van der Waals surface area contributed by atoms with Crippen molar-refractivity contribution in [2.45, 2.75) is 13.8 Å². The van der Waals surface area contributed by atoms with E-state index in [0.29, 0.717) is 17.9 Å². The number of carbonyl (C=O) groups is 1. The minimum atomic E-state index is -1.07. The highest BCUT2D eigenvalue weighted by molar-refractivity contribution is 5.85. The van der Waals surface area contributed by atoms with E-state index in [1.165, 1.54) is 18.2 Å². The van der Waals surface area contributed by atoms with E-state index in [1.54, 1.807) is 6.07 Å². The van der Waals surface area contributed by atoms with Gasteiger partial charge in [-0.05, 0) is 36.9 Å². The molecule has 0 unspecified atom stereocenters. The van der Waals surface area contributed by atoms with Crippen molar-refractivity contribution in [2.75, 3.05) is 26.2 Å². The van der Waals surface area contributed by atoms with E-state index >= 15 is 0 Å². The molecule has 0 amide bonds. The van der Waals surface area contributed by atoms with Crippen LogP contribution in [0.1, 0.15) is 19.4 Å². The smallest absolute Gasteiger partial charge is 0.328 e. The zero-order chi connectivity index (χ0) is 15.0. The predicted octanol–water partition coefficient (Wildman–Crippen LogP) is 2.64. The van der Waals surface area contributed by atoms with Gasteiger partial charge in [0.15, 0.2) is 0 Å². The number of benzene rings is 1. The van der Waals surface area contributed by atoms with Crippen molar-refractivity contribution in [2.24, 2.45) is 0 Å². The van der Waals surface area contributed by atoms with Gasteiger partial charge in [-0.25, -0.2) is 9.18 Å². The monoisotopic (exact) mass is 281 g/mol. The maximum atomic E-state index is 13.4. The average molecular weight is 281 g/mol. The van der Waals surface area contributed by atoms with Crippen molar-refractivity contribution in [3.8, 4) is 5.75 Å². The molecule has 0 atom stereocenters. The molecule has 4 nitrogen and oxygen atoms in total. The third-order valence-corrected chi connectivity index (χ3v) is 2.88. The van der Waals surface area contributed by atoms with Crippen LogP contribution in [0.25, 0.3) is 6.08 Å². The number of rotatable bonds is 8. The highest BCUT2D eigenvalue weighted by Crippen LogP contribution is 2.17. The topological polar surface area (TPSA) is 49.8 Å². The first-order valence-corrected chi connectivity index (χ1v) is 6.62. The minimum absolute atomic E-state index is 0.405. The van der Waals surface area contributed by atoms with Gasteiger partial charge >= 0.3 is 5.97 Å². The van der Waals surface area contributed by atoms with Crippen LogP contribution in [0.3, 0.4) is 0 Å². The van der Waals surface area contributed by atoms with Gasteiger partial charge in [0, 0.05) is 18.7 Å². The van der Waals surface area contributed by atoms with Crippen molar-refractivity contribution >= 4 is 12.0 Å². The van der Waals surface area contributed by atoms with Crippen molar-refractivity contribution in [3.63, 3.8) is 0 Å². The first-order chi connectivity index (χ1) is 9.55. The van der Waals surface area contributed by atoms with Crippen molar-refractivity contribution in [1.29, 1.82) is 0 Å². The molecule has 0 aliphatic rings. The second-order valence-electron chi connectivity index (χ2n) is 4.27. The van der Waals surface area contributed by atoms with Gasteiger partial charge in [0.25, 0.3) is 0 Å². The summed E-state index contributed by atoms with van der Waals surface area (Å²) >= 11 is 0. The van der Waals surface area contributed by atoms with Gasteiger partial charge in [-0.1, -0.05) is 13.8 Å². The molecule has 1 N–H and O–H groups in total. The summed E-state index contributed by atoms with van der Waals surface area (Å²) < 4.78 is 18.9. The van der Waals surface area contributed by atoms with Gasteiger partial charge in [0.05, 0.1) is 0 Å². The van der Waals surface area contributed by atoms with Crippen LogP contribution in [-0.4, -0.2) is 42.2 Å². The van der Waals surface area contributed by atoms with Crippen LogP contribution in [0.15, 0.2) is 24.3 Å². The summed E-state index contributed by atoms with van der Waals surface area (Å²) in [5.41, 5.74) is 0.463. The summed E-state index contributed by atoms with van der Waals surface area (Å²) in [5.74, 6) is -1.11. The van der Waals surface area contributed by atoms with Crippen LogP contribution in [0.2, 0.25) is 0 Å². The van der Waals surface area contributed by atoms with Gasteiger partial charge in [-0.3, -0.25) is 0 Å². The highest BCUT2D eigenvalue weighted by Gasteiger charge is 2.03. The third-order valence-electron chi connectivity index (χ3n) is 2.88. The Hall–Kier alpha value is -1.88. The standard InChI is InChI=1S/C15H20FNO3/c1-3-17(4-2)7-8-20-14-10-12(5-6-15(18)19)9-13(16)11-14/h5-6,9-11H,3-4,7-8H2,1-2H3,(H,18,19)/b6-5+. The molecule has 0 aliphatic heterocycles. The lowest BCUT2D eigenvalue weighted by atomic mass is 10.2. The van der Waals surface area contributed by atoms with Crippen molar-refractivity contribution in [1.82, 2.24) is 4.90 Å². The zero-order valence-corrected chi connectivity index (χ0v) is 11.8. The van der Waals surface area contributed by atoms with Gasteiger partial charge in [0.1, 0.15) is 18.2 Å². The van der Waals surface area contributed by atoms with Crippen LogP contribution in [0.4, 0.5) is 4.39 Å². The van der Waals surface area contributed by atoms with E-state index in [-0.39, 0.29) is 0 Å². The summed E-state index contributed by atoms with van der Waals surface area (Å²) in [6, 6.07) is 4.17. The largest absolute Gasteiger partial charge is 0.492 e. The van der Waals surface area contributed by atoms with Crippen molar-refractivity contribution in [3.05, 3.63) is 35.7 Å². The molecular formula is C15H20FNO3. The van der Waals surface area contributed by atoms with Gasteiger partial charge in [-0.15, -0.1) is 0 Å². The maximum absolute atomic E-state index is 13.4. The predicted molar refractivity (Wildman–Crippen MR) is 76.4 cm³/mol. The summed E-state index contributed by atoms with van der Waals surface area (Å²) in [6.45, 7) is 7.25. The normalized spacial score (nSPS) is 11.2. The summed E-state index contributed by atoms with van der Waals surface area (Å²) in [6.07, 6.45) is 2.30. The maximum Gasteiger partial charge on any atom is 0.328 e. The van der Waals surface area contributed by atoms with Crippen LogP contribution in [0.5, 0.6) is 5.75 Å². The molecule has 1 aromatic rings. The highest BCUT2D eigenvalue weighted by atomic mass is 19.1. The third kappa shape index (κ3) is 5.84. The second-order valence-corrected chi connectivity index (χ2v) is 4.27. The van der Waals surface area contributed by atoms with E-state index in [0.717, 1.165) is 25.7 Å². The average Bonchev–Trinajstić information content (AvgIpc) is 2.41. The lowest BCUT2D eigenvalue weighted by Gasteiger charge is -2.18. The Kier molecular flexibility index (Phi) is 6.73. The fourth-order valence-electron chi connectivity index (χ4n) is 1.76. The molecular weight excluding hydrogens is 261 g/mol. The Balaban J connectivity index is 2.64. The Morgan fingerprint density at radius 2 is 2.05 bits per heavy atom.